The van der Waals surface area contributed by atoms with Gasteiger partial charge < -0.3 is 15.3 Å². The van der Waals surface area contributed by atoms with E-state index in [-0.39, 0.29) is 18.2 Å². The van der Waals surface area contributed by atoms with Crippen LogP contribution >= 0.6 is 0 Å². The molecule has 0 aliphatic carbocycles. The van der Waals surface area contributed by atoms with Gasteiger partial charge in [0, 0.05) is 26.2 Å². The molecule has 0 spiro atoms. The van der Waals surface area contributed by atoms with Crippen molar-refractivity contribution in [3.05, 3.63) is 23.7 Å². The molecule has 2 aromatic rings. The maximum Gasteiger partial charge on any atom is 0.227 e. The van der Waals surface area contributed by atoms with Crippen molar-refractivity contribution < 1.29 is 9.50 Å². The molecule has 3 heterocycles. The predicted octanol–water partition coefficient (Wildman–Crippen LogP) is -0.593. The second kappa shape index (κ2) is 5.70. The van der Waals surface area contributed by atoms with Crippen molar-refractivity contribution in [2.45, 2.75) is 13.5 Å². The fourth-order valence-electron chi connectivity index (χ4n) is 2.23. The molecule has 1 fully saturated rings. The van der Waals surface area contributed by atoms with Gasteiger partial charge >= 0.3 is 0 Å². The molecule has 3 rings (SSSR count). The van der Waals surface area contributed by atoms with Crippen molar-refractivity contribution in [3.63, 3.8) is 0 Å². The smallest absolute Gasteiger partial charge is 0.227 e. The molecule has 112 valence electrons. The van der Waals surface area contributed by atoms with Gasteiger partial charge in [-0.2, -0.15) is 9.67 Å². The van der Waals surface area contributed by atoms with E-state index in [1.54, 1.807) is 6.92 Å². The summed E-state index contributed by atoms with van der Waals surface area (Å²) in [6, 6.07) is 0. The average Bonchev–Trinajstić information content (AvgIpc) is 2.90. The molecule has 0 unspecified atom stereocenters. The van der Waals surface area contributed by atoms with E-state index in [1.807, 2.05) is 4.90 Å². The number of hydrogen-bond donors (Lipinski definition) is 2. The molecule has 1 aliphatic rings. The molecule has 8 nitrogen and oxygen atoms in total. The van der Waals surface area contributed by atoms with E-state index < -0.39 is 5.82 Å². The number of aliphatic hydroxyl groups is 1. The molecule has 9 heteroatoms. The monoisotopic (exact) mass is 293 g/mol. The Labute approximate surface area is 120 Å². The van der Waals surface area contributed by atoms with Gasteiger partial charge in [0.15, 0.2) is 17.5 Å². The number of halogens is 1. The molecule has 1 aliphatic heterocycles. The number of aliphatic hydroxyl groups excluding tert-OH is 1. The molecule has 0 saturated carbocycles. The Bertz CT molecular complexity index is 639. The van der Waals surface area contributed by atoms with E-state index in [0.29, 0.717) is 11.8 Å². The molecular formula is C12H16FN7O. The van der Waals surface area contributed by atoms with Crippen LogP contribution in [-0.4, -0.2) is 56.0 Å². The van der Waals surface area contributed by atoms with Crippen LogP contribution in [0.4, 0.5) is 10.3 Å². The van der Waals surface area contributed by atoms with E-state index in [9.17, 15) is 4.39 Å². The fourth-order valence-corrected chi connectivity index (χ4v) is 2.23. The highest BCUT2D eigenvalue weighted by Gasteiger charge is 2.18. The normalized spacial score (nSPS) is 15.5. The molecule has 2 N–H and O–H groups in total. The summed E-state index contributed by atoms with van der Waals surface area (Å²) in [5.74, 6) is 0.625. The molecule has 0 amide bonds. The van der Waals surface area contributed by atoms with Crippen molar-refractivity contribution in [2.75, 3.05) is 31.1 Å². The number of aromatic nitrogens is 5. The van der Waals surface area contributed by atoms with E-state index in [2.05, 4.69) is 25.4 Å². The summed E-state index contributed by atoms with van der Waals surface area (Å²) in [7, 11) is 0. The maximum atomic E-state index is 14.0. The lowest BCUT2D eigenvalue weighted by Gasteiger charge is -2.27. The highest BCUT2D eigenvalue weighted by Crippen LogP contribution is 2.16. The van der Waals surface area contributed by atoms with Gasteiger partial charge in [-0.05, 0) is 6.92 Å². The minimum atomic E-state index is -0.577. The average molecular weight is 293 g/mol. The summed E-state index contributed by atoms with van der Waals surface area (Å²) in [4.78, 5) is 14.3. The van der Waals surface area contributed by atoms with Gasteiger partial charge in [-0.15, -0.1) is 5.10 Å². The summed E-state index contributed by atoms with van der Waals surface area (Å²) in [6.07, 6.45) is 1.14. The number of piperazine rings is 1. The number of nitrogens with zero attached hydrogens (tertiary/aromatic N) is 6. The van der Waals surface area contributed by atoms with Crippen LogP contribution in [-0.2, 0) is 6.61 Å². The van der Waals surface area contributed by atoms with Crippen molar-refractivity contribution in [2.24, 2.45) is 0 Å². The molecule has 0 bridgehead atoms. The van der Waals surface area contributed by atoms with Crippen LogP contribution in [0.15, 0.2) is 6.20 Å². The Kier molecular flexibility index (Phi) is 3.76. The third-order valence-corrected chi connectivity index (χ3v) is 3.27. The topological polar surface area (TPSA) is 92.0 Å². The Balaban J connectivity index is 1.99. The summed E-state index contributed by atoms with van der Waals surface area (Å²) in [6.45, 7) is 4.59. The first-order chi connectivity index (χ1) is 10.2. The molecule has 2 aromatic heterocycles. The highest BCUT2D eigenvalue weighted by molar-refractivity contribution is 5.36. The Morgan fingerprint density at radius 2 is 2.10 bits per heavy atom. The zero-order chi connectivity index (χ0) is 14.8. The van der Waals surface area contributed by atoms with Gasteiger partial charge in [0.05, 0.1) is 6.20 Å². The third-order valence-electron chi connectivity index (χ3n) is 3.27. The van der Waals surface area contributed by atoms with E-state index in [0.717, 1.165) is 32.4 Å². The Morgan fingerprint density at radius 1 is 1.33 bits per heavy atom. The first-order valence-corrected chi connectivity index (χ1v) is 6.71. The Morgan fingerprint density at radius 3 is 2.76 bits per heavy atom. The van der Waals surface area contributed by atoms with Crippen molar-refractivity contribution in [3.8, 4) is 5.82 Å². The molecule has 0 radical (unpaired) electrons. The number of aryl methyl sites for hydroxylation is 1. The van der Waals surface area contributed by atoms with Crippen molar-refractivity contribution in [1.29, 1.82) is 0 Å². The number of nitrogens with one attached hydrogen (secondary N) is 1. The largest absolute Gasteiger partial charge is 0.388 e. The molecule has 0 atom stereocenters. The SMILES string of the molecule is Cc1nc(CO)nn1-c1nc(N2CCNCC2)ncc1F. The second-order valence-corrected chi connectivity index (χ2v) is 4.72. The Hall–Kier alpha value is -2.13. The number of anilines is 1. The predicted molar refractivity (Wildman–Crippen MR) is 72.6 cm³/mol. The van der Waals surface area contributed by atoms with Crippen molar-refractivity contribution >= 4 is 5.95 Å². The lowest BCUT2D eigenvalue weighted by Crippen LogP contribution is -2.44. The van der Waals surface area contributed by atoms with Gasteiger partial charge in [-0.25, -0.2) is 14.4 Å². The molecule has 21 heavy (non-hydrogen) atoms. The summed E-state index contributed by atoms with van der Waals surface area (Å²) in [5.41, 5.74) is 0. The third kappa shape index (κ3) is 2.69. The van der Waals surface area contributed by atoms with Gasteiger partial charge in [-0.3, -0.25) is 0 Å². The minimum Gasteiger partial charge on any atom is -0.388 e. The molecule has 0 aromatic carbocycles. The van der Waals surface area contributed by atoms with Gasteiger partial charge in [-0.1, -0.05) is 0 Å². The standard InChI is InChI=1S/C12H16FN7O/c1-8-16-10(7-21)18-20(8)11-9(13)6-15-12(17-11)19-4-2-14-3-5-19/h6,14,21H,2-5,7H2,1H3. The number of rotatable bonds is 3. The van der Waals surface area contributed by atoms with E-state index in [4.69, 9.17) is 5.11 Å². The zero-order valence-corrected chi connectivity index (χ0v) is 11.6. The van der Waals surface area contributed by atoms with Gasteiger partial charge in [0.1, 0.15) is 12.4 Å². The lowest BCUT2D eigenvalue weighted by atomic mass is 10.4. The van der Waals surface area contributed by atoms with Crippen LogP contribution in [0.1, 0.15) is 11.6 Å². The highest BCUT2D eigenvalue weighted by atomic mass is 19.1. The summed E-state index contributed by atoms with van der Waals surface area (Å²) in [5, 5.41) is 16.3. The molecule has 1 saturated heterocycles. The van der Waals surface area contributed by atoms with Crippen LogP contribution in [0.2, 0.25) is 0 Å². The molecular weight excluding hydrogens is 277 g/mol. The summed E-state index contributed by atoms with van der Waals surface area (Å²) < 4.78 is 15.3. The van der Waals surface area contributed by atoms with Crippen LogP contribution in [0.25, 0.3) is 5.82 Å². The van der Waals surface area contributed by atoms with Crippen LogP contribution in [0.3, 0.4) is 0 Å². The lowest BCUT2D eigenvalue weighted by molar-refractivity contribution is 0.271. The van der Waals surface area contributed by atoms with Crippen LogP contribution in [0, 0.1) is 12.7 Å². The second-order valence-electron chi connectivity index (χ2n) is 4.72. The van der Waals surface area contributed by atoms with Crippen LogP contribution < -0.4 is 10.2 Å². The fraction of sp³-hybridized carbons (Fsp3) is 0.500. The number of hydrogen-bond acceptors (Lipinski definition) is 7. The van der Waals surface area contributed by atoms with Crippen LogP contribution in [0.5, 0.6) is 0 Å². The maximum absolute atomic E-state index is 14.0. The van der Waals surface area contributed by atoms with Gasteiger partial charge in [0.25, 0.3) is 0 Å². The van der Waals surface area contributed by atoms with E-state index in [1.165, 1.54) is 4.68 Å². The van der Waals surface area contributed by atoms with Gasteiger partial charge in [0.2, 0.25) is 5.95 Å². The first kappa shape index (κ1) is 13.8. The quantitative estimate of drug-likeness (QED) is 0.781. The first-order valence-electron chi connectivity index (χ1n) is 6.71. The zero-order valence-electron chi connectivity index (χ0n) is 11.6. The van der Waals surface area contributed by atoms with Crippen molar-refractivity contribution in [1.82, 2.24) is 30.0 Å². The summed E-state index contributed by atoms with van der Waals surface area (Å²) >= 11 is 0. The van der Waals surface area contributed by atoms with E-state index >= 15 is 0 Å². The minimum absolute atomic E-state index is 0.0447.